The minimum absolute atomic E-state index is 0.247. The molecule has 0 saturated carbocycles. The summed E-state index contributed by atoms with van der Waals surface area (Å²) in [5, 5.41) is 0. The Morgan fingerprint density at radius 1 is 0.778 bits per heavy atom. The molecule has 2 aromatic carbocycles. The number of hydrogen-bond acceptors (Lipinski definition) is 1. The molecule has 0 aliphatic rings. The minimum atomic E-state index is -0.247. The average Bonchev–Trinajstić information content (AvgIpc) is 2.63. The van der Waals surface area contributed by atoms with Gasteiger partial charge < -0.3 is 4.90 Å². The molecule has 27 heavy (non-hydrogen) atoms. The van der Waals surface area contributed by atoms with Crippen molar-refractivity contribution >= 4 is 11.4 Å². The quantitative estimate of drug-likeness (QED) is 0.406. The fourth-order valence-corrected chi connectivity index (χ4v) is 2.61. The summed E-state index contributed by atoms with van der Waals surface area (Å²) in [4.78, 5) is 1.98. The van der Waals surface area contributed by atoms with E-state index < -0.39 is 0 Å². The molecular formula is C23H25F2N2+. The molecule has 0 fully saturated rings. The third kappa shape index (κ3) is 6.03. The van der Waals surface area contributed by atoms with E-state index in [2.05, 4.69) is 0 Å². The van der Waals surface area contributed by atoms with Gasteiger partial charge >= 0.3 is 0 Å². The van der Waals surface area contributed by atoms with Gasteiger partial charge in [0, 0.05) is 31.4 Å². The number of rotatable bonds is 6. The molecule has 0 unspecified atom stereocenters. The summed E-state index contributed by atoms with van der Waals surface area (Å²) >= 11 is 0. The molecule has 4 heteroatoms. The lowest BCUT2D eigenvalue weighted by molar-refractivity contribution is -0.463. The van der Waals surface area contributed by atoms with Gasteiger partial charge in [0.25, 0.3) is 0 Å². The van der Waals surface area contributed by atoms with Crippen molar-refractivity contribution in [1.82, 2.24) is 4.90 Å². The van der Waals surface area contributed by atoms with E-state index in [1.54, 1.807) is 24.3 Å². The molecule has 0 bridgehead atoms. The molecule has 0 atom stereocenters. The zero-order chi connectivity index (χ0) is 19.8. The second-order valence-electron chi connectivity index (χ2n) is 6.48. The summed E-state index contributed by atoms with van der Waals surface area (Å²) in [5.74, 6) is -0.495. The Morgan fingerprint density at radius 2 is 1.30 bits per heavy atom. The molecule has 2 rings (SSSR count). The molecule has 0 saturated heterocycles. The van der Waals surface area contributed by atoms with Gasteiger partial charge in [-0.05, 0) is 60.2 Å². The van der Waals surface area contributed by atoms with Crippen molar-refractivity contribution in [3.05, 3.63) is 102 Å². The van der Waals surface area contributed by atoms with Crippen molar-refractivity contribution in [2.24, 2.45) is 0 Å². The van der Waals surface area contributed by atoms with Crippen molar-refractivity contribution in [1.29, 1.82) is 0 Å². The Balaban J connectivity index is 2.17. The Kier molecular flexibility index (Phi) is 7.24. The highest BCUT2D eigenvalue weighted by Gasteiger charge is 2.07. The molecule has 0 amide bonds. The maximum Gasteiger partial charge on any atom is 0.206 e. The maximum atomic E-state index is 13.1. The van der Waals surface area contributed by atoms with E-state index in [0.717, 1.165) is 22.5 Å². The second-order valence-corrected chi connectivity index (χ2v) is 6.48. The van der Waals surface area contributed by atoms with Crippen LogP contribution in [0.3, 0.4) is 0 Å². The van der Waals surface area contributed by atoms with Crippen molar-refractivity contribution in [2.75, 3.05) is 28.2 Å². The van der Waals surface area contributed by atoms with Crippen molar-refractivity contribution in [3.8, 4) is 0 Å². The van der Waals surface area contributed by atoms with Crippen LogP contribution in [0, 0.1) is 11.6 Å². The molecule has 0 aliphatic heterocycles. The first-order valence-electron chi connectivity index (χ1n) is 8.67. The molecular weight excluding hydrogens is 342 g/mol. The highest BCUT2D eigenvalue weighted by Crippen LogP contribution is 2.17. The van der Waals surface area contributed by atoms with Crippen LogP contribution in [-0.4, -0.2) is 43.4 Å². The standard InChI is InChI=1S/C23H25F2N2/c1-26(2)22(18-10-14-20(24)15-11-18)8-6-5-7-9-23(27(3)4)19-12-16-21(25)17-13-19/h5-17H,1-4H3/q+1. The summed E-state index contributed by atoms with van der Waals surface area (Å²) in [6.07, 6.45) is 9.76. The van der Waals surface area contributed by atoms with Gasteiger partial charge in [-0.3, -0.25) is 0 Å². The van der Waals surface area contributed by atoms with Crippen LogP contribution >= 0.6 is 0 Å². The van der Waals surface area contributed by atoms with E-state index in [1.165, 1.54) is 24.3 Å². The van der Waals surface area contributed by atoms with Crippen LogP contribution in [0.25, 0.3) is 5.70 Å². The average molecular weight is 367 g/mol. The second kappa shape index (κ2) is 9.62. The summed E-state index contributed by atoms with van der Waals surface area (Å²) in [6.45, 7) is 0. The van der Waals surface area contributed by atoms with Crippen LogP contribution in [0.2, 0.25) is 0 Å². The molecule has 0 aromatic heterocycles. The highest BCUT2D eigenvalue weighted by atomic mass is 19.1. The van der Waals surface area contributed by atoms with Gasteiger partial charge in [0.2, 0.25) is 5.71 Å². The zero-order valence-corrected chi connectivity index (χ0v) is 16.2. The molecule has 0 radical (unpaired) electrons. The summed E-state index contributed by atoms with van der Waals surface area (Å²) in [5.41, 5.74) is 3.86. The molecule has 2 nitrogen and oxygen atoms in total. The third-order valence-corrected chi connectivity index (χ3v) is 3.97. The predicted octanol–water partition coefficient (Wildman–Crippen LogP) is 4.74. The SMILES string of the molecule is CN(C)\C(=C/C=C/C=C/C(c1ccc(F)cc1)=[N+](C)C)c1ccc(F)cc1. The smallest absolute Gasteiger partial charge is 0.206 e. The van der Waals surface area contributed by atoms with Gasteiger partial charge in [0.05, 0.1) is 0 Å². The van der Waals surface area contributed by atoms with E-state index >= 15 is 0 Å². The molecule has 0 spiro atoms. The summed E-state index contributed by atoms with van der Waals surface area (Å²) in [7, 11) is 7.80. The van der Waals surface area contributed by atoms with Crippen molar-refractivity contribution in [2.45, 2.75) is 0 Å². The fraction of sp³-hybridized carbons (Fsp3) is 0.174. The van der Waals surface area contributed by atoms with Crippen LogP contribution < -0.4 is 0 Å². The first-order valence-corrected chi connectivity index (χ1v) is 8.67. The van der Waals surface area contributed by atoms with Gasteiger partial charge in [-0.2, -0.15) is 0 Å². The van der Waals surface area contributed by atoms with E-state index in [4.69, 9.17) is 0 Å². The van der Waals surface area contributed by atoms with Crippen molar-refractivity contribution < 1.29 is 13.4 Å². The minimum Gasteiger partial charge on any atom is -0.377 e. The Morgan fingerprint density at radius 3 is 1.78 bits per heavy atom. The van der Waals surface area contributed by atoms with E-state index in [0.29, 0.717) is 0 Å². The Labute approximate surface area is 160 Å². The van der Waals surface area contributed by atoms with Gasteiger partial charge in [0.15, 0.2) is 0 Å². The van der Waals surface area contributed by atoms with Crippen LogP contribution in [0.15, 0.2) is 78.9 Å². The van der Waals surface area contributed by atoms with Crippen LogP contribution in [0.5, 0.6) is 0 Å². The zero-order valence-electron chi connectivity index (χ0n) is 16.2. The molecule has 0 aliphatic carbocycles. The fourth-order valence-electron chi connectivity index (χ4n) is 2.61. The number of benzene rings is 2. The maximum absolute atomic E-state index is 13.1. The van der Waals surface area contributed by atoms with Gasteiger partial charge in [-0.15, -0.1) is 0 Å². The number of hydrogen-bond donors (Lipinski definition) is 0. The van der Waals surface area contributed by atoms with Crippen molar-refractivity contribution in [3.63, 3.8) is 0 Å². The van der Waals surface area contributed by atoms with E-state index in [1.807, 2.05) is 68.0 Å². The Hall–Kier alpha value is -3.01. The number of halogens is 2. The predicted molar refractivity (Wildman–Crippen MR) is 109 cm³/mol. The van der Waals surface area contributed by atoms with Gasteiger partial charge in [0.1, 0.15) is 25.7 Å². The largest absolute Gasteiger partial charge is 0.377 e. The van der Waals surface area contributed by atoms with Crippen LogP contribution in [0.1, 0.15) is 11.1 Å². The summed E-state index contributed by atoms with van der Waals surface area (Å²) < 4.78 is 28.2. The lowest BCUT2D eigenvalue weighted by Gasteiger charge is -2.17. The van der Waals surface area contributed by atoms with Gasteiger partial charge in [-0.1, -0.05) is 18.2 Å². The molecule has 0 heterocycles. The number of allylic oxidation sites excluding steroid dienone is 5. The normalized spacial score (nSPS) is 12.0. The van der Waals surface area contributed by atoms with Crippen LogP contribution in [-0.2, 0) is 0 Å². The monoisotopic (exact) mass is 367 g/mol. The van der Waals surface area contributed by atoms with E-state index in [9.17, 15) is 8.78 Å². The van der Waals surface area contributed by atoms with E-state index in [-0.39, 0.29) is 11.6 Å². The third-order valence-electron chi connectivity index (χ3n) is 3.97. The van der Waals surface area contributed by atoms with Gasteiger partial charge in [-0.25, -0.2) is 13.4 Å². The topological polar surface area (TPSA) is 6.25 Å². The first kappa shape index (κ1) is 20.3. The first-order chi connectivity index (χ1) is 12.9. The molecule has 0 N–H and O–H groups in total. The molecule has 140 valence electrons. The lowest BCUT2D eigenvalue weighted by atomic mass is 10.1. The number of nitrogens with zero attached hydrogens (tertiary/aromatic N) is 2. The highest BCUT2D eigenvalue weighted by molar-refractivity contribution is 6.05. The summed E-state index contributed by atoms with van der Waals surface area (Å²) in [6, 6.07) is 12.9. The molecule has 2 aromatic rings. The Bertz CT molecular complexity index is 868. The van der Waals surface area contributed by atoms with Crippen LogP contribution in [0.4, 0.5) is 8.78 Å². The lowest BCUT2D eigenvalue weighted by Crippen LogP contribution is -2.12.